The zero-order valence-corrected chi connectivity index (χ0v) is 8.79. The van der Waals surface area contributed by atoms with Crippen molar-refractivity contribution in [3.05, 3.63) is 0 Å². The molecule has 0 fully saturated rings. The van der Waals surface area contributed by atoms with E-state index in [2.05, 4.69) is 5.32 Å². The maximum atomic E-state index is 11.5. The zero-order valence-electron chi connectivity index (χ0n) is 8.79. The summed E-state index contributed by atoms with van der Waals surface area (Å²) in [5, 5.41) is 11.3. The average Bonchev–Trinajstić information content (AvgIpc) is 2.12. The molecule has 0 heterocycles. The number of nitrogens with zero attached hydrogens (tertiary/aromatic N) is 1. The van der Waals surface area contributed by atoms with Crippen LogP contribution in [0.1, 0.15) is 34.1 Å². The molecule has 3 nitrogen and oxygen atoms in total. The lowest BCUT2D eigenvalue weighted by Gasteiger charge is -2.17. The molecule has 0 radical (unpaired) electrons. The molecule has 0 aromatic heterocycles. The van der Waals surface area contributed by atoms with Crippen molar-refractivity contribution in [2.45, 2.75) is 40.2 Å². The van der Waals surface area contributed by atoms with Crippen LogP contribution in [-0.4, -0.2) is 11.9 Å². The van der Waals surface area contributed by atoms with Gasteiger partial charge in [0, 0.05) is 5.92 Å². The molecule has 1 amide bonds. The molecular formula is C10H18N2O. The minimum absolute atomic E-state index is 0.0246. The van der Waals surface area contributed by atoms with Crippen molar-refractivity contribution in [1.82, 2.24) is 5.32 Å². The predicted octanol–water partition coefficient (Wildman–Crippen LogP) is 1.70. The maximum absolute atomic E-state index is 11.5. The van der Waals surface area contributed by atoms with Gasteiger partial charge in [0.2, 0.25) is 5.91 Å². The third kappa shape index (κ3) is 3.93. The molecule has 0 aromatic rings. The smallest absolute Gasteiger partial charge is 0.224 e. The summed E-state index contributed by atoms with van der Waals surface area (Å²) in [6.45, 7) is 7.76. The van der Waals surface area contributed by atoms with E-state index in [1.54, 1.807) is 0 Å². The Bertz CT molecular complexity index is 205. The van der Waals surface area contributed by atoms with Crippen molar-refractivity contribution in [3.63, 3.8) is 0 Å². The van der Waals surface area contributed by atoms with E-state index >= 15 is 0 Å². The highest BCUT2D eigenvalue weighted by atomic mass is 16.1. The van der Waals surface area contributed by atoms with Gasteiger partial charge < -0.3 is 5.32 Å². The molecule has 0 aromatic carbocycles. The van der Waals surface area contributed by atoms with Crippen LogP contribution in [0.4, 0.5) is 0 Å². The first-order valence-electron chi connectivity index (χ1n) is 4.72. The van der Waals surface area contributed by atoms with Crippen LogP contribution in [-0.2, 0) is 4.79 Å². The number of carbonyl (C=O) groups is 1. The number of nitrogens with one attached hydrogen (secondary N) is 1. The largest absolute Gasteiger partial charge is 0.340 e. The summed E-state index contributed by atoms with van der Waals surface area (Å²) in [4.78, 5) is 11.5. The molecule has 0 spiro atoms. The summed E-state index contributed by atoms with van der Waals surface area (Å²) >= 11 is 0. The lowest BCUT2D eigenvalue weighted by atomic mass is 9.97. The van der Waals surface area contributed by atoms with E-state index < -0.39 is 0 Å². The second-order valence-electron chi connectivity index (χ2n) is 3.63. The van der Waals surface area contributed by atoms with Crippen LogP contribution >= 0.6 is 0 Å². The summed E-state index contributed by atoms with van der Waals surface area (Å²) < 4.78 is 0. The van der Waals surface area contributed by atoms with Crippen molar-refractivity contribution in [2.75, 3.05) is 0 Å². The first-order valence-corrected chi connectivity index (χ1v) is 4.72. The fourth-order valence-electron chi connectivity index (χ4n) is 0.832. The molecule has 0 aliphatic rings. The summed E-state index contributed by atoms with van der Waals surface area (Å²) in [5.41, 5.74) is 0. The van der Waals surface area contributed by atoms with Crippen molar-refractivity contribution < 1.29 is 4.79 Å². The zero-order chi connectivity index (χ0) is 10.4. The van der Waals surface area contributed by atoms with Gasteiger partial charge in [-0.25, -0.2) is 0 Å². The van der Waals surface area contributed by atoms with Crippen molar-refractivity contribution in [2.24, 2.45) is 11.8 Å². The van der Waals surface area contributed by atoms with Gasteiger partial charge in [0.05, 0.1) is 6.07 Å². The highest BCUT2D eigenvalue weighted by Crippen LogP contribution is 2.09. The van der Waals surface area contributed by atoms with Crippen LogP contribution in [0, 0.1) is 23.2 Å². The Morgan fingerprint density at radius 1 is 1.46 bits per heavy atom. The normalized spacial score (nSPS) is 14.8. The molecule has 0 aliphatic carbocycles. The van der Waals surface area contributed by atoms with Crippen molar-refractivity contribution in [1.29, 1.82) is 5.26 Å². The quantitative estimate of drug-likeness (QED) is 0.719. The monoisotopic (exact) mass is 182 g/mol. The van der Waals surface area contributed by atoms with E-state index in [1.165, 1.54) is 0 Å². The number of carbonyl (C=O) groups excluding carboxylic acids is 1. The fraction of sp³-hybridized carbons (Fsp3) is 0.800. The van der Waals surface area contributed by atoms with Gasteiger partial charge in [0.25, 0.3) is 0 Å². The van der Waals surface area contributed by atoms with Crippen LogP contribution in [0.5, 0.6) is 0 Å². The summed E-state index contributed by atoms with van der Waals surface area (Å²) in [7, 11) is 0. The molecule has 0 aliphatic heterocycles. The van der Waals surface area contributed by atoms with Crippen LogP contribution in [0.25, 0.3) is 0 Å². The van der Waals surface area contributed by atoms with Crippen LogP contribution < -0.4 is 5.32 Å². The number of rotatable bonds is 4. The van der Waals surface area contributed by atoms with Gasteiger partial charge in [-0.05, 0) is 12.3 Å². The van der Waals surface area contributed by atoms with Gasteiger partial charge >= 0.3 is 0 Å². The van der Waals surface area contributed by atoms with Crippen LogP contribution in [0.15, 0.2) is 0 Å². The maximum Gasteiger partial charge on any atom is 0.224 e. The first-order chi connectivity index (χ1) is 6.02. The average molecular weight is 182 g/mol. The minimum atomic E-state index is -0.339. The molecule has 3 heteroatoms. The topological polar surface area (TPSA) is 52.9 Å². The number of hydrogen-bond acceptors (Lipinski definition) is 2. The molecule has 0 bridgehead atoms. The van der Waals surface area contributed by atoms with Crippen LogP contribution in [0.3, 0.4) is 0 Å². The highest BCUT2D eigenvalue weighted by Gasteiger charge is 2.18. The molecule has 2 atom stereocenters. The SMILES string of the molecule is CCC(C#N)NC(=O)C(C)C(C)C. The fourth-order valence-corrected chi connectivity index (χ4v) is 0.832. The standard InChI is InChI=1S/C10H18N2O/c1-5-9(6-11)12-10(13)8(4)7(2)3/h7-9H,5H2,1-4H3,(H,12,13). The molecule has 0 saturated heterocycles. The third-order valence-electron chi connectivity index (χ3n) is 2.29. The lowest BCUT2D eigenvalue weighted by Crippen LogP contribution is -2.38. The van der Waals surface area contributed by atoms with Gasteiger partial charge in [-0.15, -0.1) is 0 Å². The van der Waals surface area contributed by atoms with E-state index in [1.807, 2.05) is 33.8 Å². The molecule has 0 saturated carbocycles. The van der Waals surface area contributed by atoms with Crippen molar-refractivity contribution >= 4 is 5.91 Å². The molecule has 2 unspecified atom stereocenters. The Balaban J connectivity index is 4.08. The van der Waals surface area contributed by atoms with Crippen LogP contribution in [0.2, 0.25) is 0 Å². The summed E-state index contributed by atoms with van der Waals surface area (Å²) in [6, 6.07) is 1.71. The Morgan fingerprint density at radius 3 is 2.31 bits per heavy atom. The Morgan fingerprint density at radius 2 is 2.00 bits per heavy atom. The van der Waals surface area contributed by atoms with Gasteiger partial charge in [0.15, 0.2) is 0 Å². The van der Waals surface area contributed by atoms with E-state index in [9.17, 15) is 4.79 Å². The van der Waals surface area contributed by atoms with Gasteiger partial charge in [-0.3, -0.25) is 4.79 Å². The summed E-state index contributed by atoms with van der Waals surface area (Å²) in [5.74, 6) is 0.266. The lowest BCUT2D eigenvalue weighted by molar-refractivity contribution is -0.126. The second kappa shape index (κ2) is 5.58. The highest BCUT2D eigenvalue weighted by molar-refractivity contribution is 5.79. The molecule has 74 valence electrons. The number of amides is 1. The Hall–Kier alpha value is -1.04. The molecular weight excluding hydrogens is 164 g/mol. The molecule has 13 heavy (non-hydrogen) atoms. The molecule has 0 rings (SSSR count). The number of nitriles is 1. The Labute approximate surface area is 80.1 Å². The molecule has 1 N–H and O–H groups in total. The van der Waals surface area contributed by atoms with E-state index in [0.717, 1.165) is 0 Å². The summed E-state index contributed by atoms with van der Waals surface area (Å²) in [6.07, 6.45) is 0.660. The predicted molar refractivity (Wildman–Crippen MR) is 51.8 cm³/mol. The van der Waals surface area contributed by atoms with Gasteiger partial charge in [0.1, 0.15) is 6.04 Å². The van der Waals surface area contributed by atoms with E-state index in [4.69, 9.17) is 5.26 Å². The van der Waals surface area contributed by atoms with E-state index in [0.29, 0.717) is 12.3 Å². The second-order valence-corrected chi connectivity index (χ2v) is 3.63. The first kappa shape index (κ1) is 12.0. The van der Waals surface area contributed by atoms with Crippen molar-refractivity contribution in [3.8, 4) is 6.07 Å². The minimum Gasteiger partial charge on any atom is -0.340 e. The van der Waals surface area contributed by atoms with Gasteiger partial charge in [-0.1, -0.05) is 27.7 Å². The van der Waals surface area contributed by atoms with E-state index in [-0.39, 0.29) is 17.9 Å². The van der Waals surface area contributed by atoms with Gasteiger partial charge in [-0.2, -0.15) is 5.26 Å². The number of hydrogen-bond donors (Lipinski definition) is 1. The Kier molecular flexibility index (Phi) is 5.13. The third-order valence-corrected chi connectivity index (χ3v) is 2.29.